The van der Waals surface area contributed by atoms with Gasteiger partial charge in [-0.1, -0.05) is 5.10 Å². The topological polar surface area (TPSA) is 63.4 Å². The second-order valence-corrected chi connectivity index (χ2v) is 1.54. The third-order valence-corrected chi connectivity index (χ3v) is 0.941. The molecule has 1 radical (unpaired) electrons. The van der Waals surface area contributed by atoms with E-state index in [0.29, 0.717) is 5.82 Å². The number of anilines is 1. The number of aromatic nitrogens is 2. The normalized spacial score (nSPS) is 15.8. The van der Waals surface area contributed by atoms with Gasteiger partial charge in [0.2, 0.25) is 5.82 Å². The van der Waals surface area contributed by atoms with E-state index in [1.807, 2.05) is 0 Å². The van der Waals surface area contributed by atoms with Crippen LogP contribution in [0.3, 0.4) is 0 Å². The van der Waals surface area contributed by atoms with Crippen LogP contribution in [0.5, 0.6) is 0 Å². The van der Waals surface area contributed by atoms with Gasteiger partial charge >= 0.3 is 0 Å². The SMILES string of the molecule is [C]1=CNON1c1conn1. The van der Waals surface area contributed by atoms with Crippen molar-refractivity contribution in [1.29, 1.82) is 0 Å². The first-order valence-corrected chi connectivity index (χ1v) is 2.54. The summed E-state index contributed by atoms with van der Waals surface area (Å²) >= 11 is 0. The fourth-order valence-corrected chi connectivity index (χ4v) is 0.551. The molecule has 0 bridgehead atoms. The predicted molar refractivity (Wildman–Crippen MR) is 28.8 cm³/mol. The van der Waals surface area contributed by atoms with Crippen molar-refractivity contribution in [2.45, 2.75) is 0 Å². The zero-order valence-corrected chi connectivity index (χ0v) is 4.81. The maximum atomic E-state index is 4.75. The Hall–Kier alpha value is -1.56. The summed E-state index contributed by atoms with van der Waals surface area (Å²) in [5, 5.41) is 8.06. The molecule has 1 aliphatic heterocycles. The highest BCUT2D eigenvalue weighted by molar-refractivity contribution is 5.31. The number of nitrogens with one attached hydrogen (secondary N) is 1. The van der Waals surface area contributed by atoms with Crippen molar-refractivity contribution in [2.24, 2.45) is 0 Å². The molecule has 0 atom stereocenters. The van der Waals surface area contributed by atoms with Gasteiger partial charge in [0.1, 0.15) is 6.20 Å². The van der Waals surface area contributed by atoms with E-state index in [1.54, 1.807) is 0 Å². The van der Waals surface area contributed by atoms with Gasteiger partial charge < -0.3 is 4.52 Å². The van der Waals surface area contributed by atoms with Gasteiger partial charge in [-0.15, -0.1) is 4.94 Å². The molecular formula is C4H3N4O2. The second-order valence-electron chi connectivity index (χ2n) is 1.54. The first-order chi connectivity index (χ1) is 4.97. The number of hydrogen-bond acceptors (Lipinski definition) is 6. The summed E-state index contributed by atoms with van der Waals surface area (Å²) in [5.41, 5.74) is 2.44. The van der Waals surface area contributed by atoms with E-state index in [9.17, 15) is 0 Å². The van der Waals surface area contributed by atoms with Crippen molar-refractivity contribution in [1.82, 2.24) is 15.9 Å². The lowest BCUT2D eigenvalue weighted by molar-refractivity contribution is 0.0854. The van der Waals surface area contributed by atoms with Crippen LogP contribution < -0.4 is 10.5 Å². The summed E-state index contributed by atoms with van der Waals surface area (Å²) in [6, 6.07) is 0. The van der Waals surface area contributed by atoms with Crippen LogP contribution in [0.2, 0.25) is 0 Å². The zero-order valence-electron chi connectivity index (χ0n) is 4.81. The summed E-state index contributed by atoms with van der Waals surface area (Å²) in [5.74, 6) is 0.446. The monoisotopic (exact) mass is 139 g/mol. The van der Waals surface area contributed by atoms with E-state index < -0.39 is 0 Å². The molecule has 2 rings (SSSR count). The van der Waals surface area contributed by atoms with Crippen molar-refractivity contribution in [3.8, 4) is 0 Å². The molecule has 0 unspecified atom stereocenters. The van der Waals surface area contributed by atoms with Crippen molar-refractivity contribution in [3.05, 3.63) is 18.7 Å². The molecule has 1 aromatic heterocycles. The number of nitrogens with zero attached hydrogens (tertiary/aromatic N) is 3. The van der Waals surface area contributed by atoms with Crippen LogP contribution in [0.1, 0.15) is 0 Å². The highest BCUT2D eigenvalue weighted by atomic mass is 16.8. The Bertz CT molecular complexity index is 231. The van der Waals surface area contributed by atoms with Crippen LogP contribution in [-0.4, -0.2) is 10.4 Å². The molecule has 0 saturated heterocycles. The zero-order chi connectivity index (χ0) is 6.81. The standard InChI is InChI=1S/C4H3N4O2/c1-2-8(10-5-1)4-3-9-7-6-4/h1,3,5H. The van der Waals surface area contributed by atoms with Crippen LogP contribution >= 0.6 is 0 Å². The maximum Gasteiger partial charge on any atom is 0.223 e. The van der Waals surface area contributed by atoms with Crippen molar-refractivity contribution in [2.75, 3.05) is 5.06 Å². The van der Waals surface area contributed by atoms with Gasteiger partial charge in [0, 0.05) is 5.27 Å². The van der Waals surface area contributed by atoms with Gasteiger partial charge in [-0.2, -0.15) is 5.06 Å². The van der Waals surface area contributed by atoms with E-state index in [2.05, 4.69) is 26.6 Å². The van der Waals surface area contributed by atoms with Gasteiger partial charge in [-0.3, -0.25) is 0 Å². The largest absolute Gasteiger partial charge is 0.343 e. The average molecular weight is 139 g/mol. The number of hydroxylamine groups is 2. The third-order valence-electron chi connectivity index (χ3n) is 0.941. The minimum absolute atomic E-state index is 0.446. The van der Waals surface area contributed by atoms with E-state index in [4.69, 9.17) is 4.94 Å². The average Bonchev–Trinajstić information content (AvgIpc) is 2.59. The van der Waals surface area contributed by atoms with Crippen LogP contribution in [-0.2, 0) is 4.94 Å². The Labute approximate surface area is 56.0 Å². The molecule has 6 nitrogen and oxygen atoms in total. The van der Waals surface area contributed by atoms with Gasteiger partial charge in [0.15, 0.2) is 6.26 Å². The second kappa shape index (κ2) is 1.99. The predicted octanol–water partition coefficient (Wildman–Crippen LogP) is -0.400. The van der Waals surface area contributed by atoms with E-state index in [1.165, 1.54) is 17.5 Å². The van der Waals surface area contributed by atoms with Crippen molar-refractivity contribution < 1.29 is 9.46 Å². The van der Waals surface area contributed by atoms with Crippen molar-refractivity contribution in [3.63, 3.8) is 0 Å². The lowest BCUT2D eigenvalue weighted by Gasteiger charge is -2.04. The number of hydrogen-bond donors (Lipinski definition) is 1. The fourth-order valence-electron chi connectivity index (χ4n) is 0.551. The summed E-state index contributed by atoms with van der Waals surface area (Å²) in [7, 11) is 0. The Morgan fingerprint density at radius 3 is 3.30 bits per heavy atom. The minimum atomic E-state index is 0.446. The molecule has 6 heteroatoms. The smallest absolute Gasteiger partial charge is 0.223 e. The highest BCUT2D eigenvalue weighted by Gasteiger charge is 2.11. The lowest BCUT2D eigenvalue weighted by Crippen LogP contribution is -2.16. The Morgan fingerprint density at radius 2 is 2.70 bits per heavy atom. The molecule has 1 aliphatic rings. The molecule has 0 saturated carbocycles. The molecule has 0 fully saturated rings. The lowest BCUT2D eigenvalue weighted by atomic mass is 10.7. The van der Waals surface area contributed by atoms with Crippen molar-refractivity contribution >= 4 is 5.82 Å². The van der Waals surface area contributed by atoms with Gasteiger partial charge in [-0.25, -0.2) is 5.48 Å². The van der Waals surface area contributed by atoms with Gasteiger partial charge in [-0.05, 0) is 0 Å². The van der Waals surface area contributed by atoms with Gasteiger partial charge in [0.25, 0.3) is 0 Å². The summed E-state index contributed by atoms with van der Waals surface area (Å²) in [6.07, 6.45) is 5.51. The first-order valence-electron chi connectivity index (χ1n) is 2.54. The molecule has 51 valence electrons. The molecule has 0 aliphatic carbocycles. The van der Waals surface area contributed by atoms with Crippen LogP contribution in [0.4, 0.5) is 5.82 Å². The summed E-state index contributed by atoms with van der Waals surface area (Å²) in [6.45, 7) is 0. The molecule has 0 aromatic carbocycles. The Kier molecular flexibility index (Phi) is 1.05. The fraction of sp³-hybridized carbons (Fsp3) is 0. The minimum Gasteiger partial charge on any atom is -0.343 e. The number of rotatable bonds is 1. The molecule has 10 heavy (non-hydrogen) atoms. The molecule has 0 amide bonds. The summed E-state index contributed by atoms with van der Waals surface area (Å²) < 4.78 is 4.46. The summed E-state index contributed by atoms with van der Waals surface area (Å²) in [4.78, 5) is 4.75. The van der Waals surface area contributed by atoms with Crippen LogP contribution in [0.25, 0.3) is 0 Å². The van der Waals surface area contributed by atoms with E-state index in [-0.39, 0.29) is 0 Å². The Morgan fingerprint density at radius 1 is 1.70 bits per heavy atom. The van der Waals surface area contributed by atoms with Crippen LogP contribution in [0.15, 0.2) is 17.0 Å². The first kappa shape index (κ1) is 5.24. The van der Waals surface area contributed by atoms with Crippen LogP contribution in [0, 0.1) is 6.20 Å². The highest BCUT2D eigenvalue weighted by Crippen LogP contribution is 2.09. The van der Waals surface area contributed by atoms with E-state index >= 15 is 0 Å². The molecule has 2 heterocycles. The molecule has 1 aromatic rings. The maximum absolute atomic E-state index is 4.75. The Balaban J connectivity index is 2.20. The molecular weight excluding hydrogens is 136 g/mol. The third kappa shape index (κ3) is 0.705. The molecule has 1 N–H and O–H groups in total. The van der Waals surface area contributed by atoms with Gasteiger partial charge in [0.05, 0.1) is 6.20 Å². The quantitative estimate of drug-likeness (QED) is 0.571. The van der Waals surface area contributed by atoms with E-state index in [0.717, 1.165) is 0 Å². The molecule has 0 spiro atoms.